The summed E-state index contributed by atoms with van der Waals surface area (Å²) in [6, 6.07) is 6.17. The Labute approximate surface area is 105 Å². The predicted octanol–water partition coefficient (Wildman–Crippen LogP) is 2.45. The Morgan fingerprint density at radius 2 is 2.18 bits per heavy atom. The zero-order valence-corrected chi connectivity index (χ0v) is 10.7. The molecule has 0 aliphatic heterocycles. The molecule has 5 heteroatoms. The van der Waals surface area contributed by atoms with Gasteiger partial charge in [-0.15, -0.1) is 0 Å². The van der Waals surface area contributed by atoms with Gasteiger partial charge in [0.05, 0.1) is 5.69 Å². The average Bonchev–Trinajstić information content (AvgIpc) is 2.30. The monoisotopic (exact) mass is 246 g/mol. The molecule has 0 saturated carbocycles. The van der Waals surface area contributed by atoms with Crippen molar-refractivity contribution in [3.8, 4) is 5.69 Å². The summed E-state index contributed by atoms with van der Waals surface area (Å²) in [6.07, 6.45) is 2.56. The van der Waals surface area contributed by atoms with E-state index in [0.717, 1.165) is 17.7 Å². The summed E-state index contributed by atoms with van der Waals surface area (Å²) in [6.45, 7) is 4.16. The molecule has 0 aliphatic rings. The molecule has 0 saturated heterocycles. The Hall–Kier alpha value is -1.75. The van der Waals surface area contributed by atoms with Crippen LogP contribution in [0.1, 0.15) is 18.1 Å². The number of hydrogen-bond acceptors (Lipinski definition) is 4. The highest BCUT2D eigenvalue weighted by Crippen LogP contribution is 2.19. The Balaban J connectivity index is 2.72. The third kappa shape index (κ3) is 2.19. The normalized spacial score (nSPS) is 10.5. The number of benzene rings is 1. The quantitative estimate of drug-likeness (QED) is 0.827. The van der Waals surface area contributed by atoms with Gasteiger partial charge < -0.3 is 5.73 Å². The number of aryl methyl sites for hydroxylation is 2. The lowest BCUT2D eigenvalue weighted by atomic mass is 10.1. The summed E-state index contributed by atoms with van der Waals surface area (Å²) in [4.78, 5) is 8.01. The average molecular weight is 246 g/mol. The van der Waals surface area contributed by atoms with E-state index in [4.69, 9.17) is 18.0 Å². The van der Waals surface area contributed by atoms with Gasteiger partial charge in [0.25, 0.3) is 0 Å². The van der Waals surface area contributed by atoms with Crippen molar-refractivity contribution in [2.75, 3.05) is 5.73 Å². The fourth-order valence-electron chi connectivity index (χ4n) is 1.85. The van der Waals surface area contributed by atoms with E-state index in [-0.39, 0.29) is 5.95 Å². The lowest BCUT2D eigenvalue weighted by Gasteiger charge is -2.13. The Kier molecular flexibility index (Phi) is 3.19. The van der Waals surface area contributed by atoms with Crippen molar-refractivity contribution < 1.29 is 0 Å². The summed E-state index contributed by atoms with van der Waals surface area (Å²) in [5.41, 5.74) is 8.93. The van der Waals surface area contributed by atoms with Crippen LogP contribution in [0.25, 0.3) is 5.69 Å². The predicted molar refractivity (Wildman–Crippen MR) is 70.7 cm³/mol. The molecule has 0 bridgehead atoms. The number of nitrogens with zero attached hydrogens (tertiary/aromatic N) is 3. The van der Waals surface area contributed by atoms with Crippen LogP contribution in [0, 0.1) is 11.7 Å². The summed E-state index contributed by atoms with van der Waals surface area (Å²) >= 11 is 5.22. The standard InChI is InChI=1S/C12H14N4S/c1-3-9-6-4-5-8(2)10(9)16-7-14-11(13)15-12(16)17/h4-7H,3H2,1-2H3,(H2,13,15,17). The van der Waals surface area contributed by atoms with Crippen LogP contribution >= 0.6 is 12.2 Å². The van der Waals surface area contributed by atoms with Crippen molar-refractivity contribution in [2.24, 2.45) is 0 Å². The topological polar surface area (TPSA) is 56.7 Å². The van der Waals surface area contributed by atoms with E-state index in [1.165, 1.54) is 5.56 Å². The van der Waals surface area contributed by atoms with Crippen LogP contribution in [0.15, 0.2) is 24.5 Å². The maximum Gasteiger partial charge on any atom is 0.224 e. The molecule has 0 radical (unpaired) electrons. The van der Waals surface area contributed by atoms with E-state index in [0.29, 0.717) is 4.77 Å². The lowest BCUT2D eigenvalue weighted by Crippen LogP contribution is -2.08. The van der Waals surface area contributed by atoms with Crippen LogP contribution in [-0.2, 0) is 6.42 Å². The summed E-state index contributed by atoms with van der Waals surface area (Å²) in [5.74, 6) is 0.206. The van der Waals surface area contributed by atoms with Crippen molar-refractivity contribution >= 4 is 18.2 Å². The number of anilines is 1. The van der Waals surface area contributed by atoms with Crippen LogP contribution in [0.2, 0.25) is 0 Å². The first-order valence-corrected chi connectivity index (χ1v) is 5.84. The van der Waals surface area contributed by atoms with E-state index < -0.39 is 0 Å². The molecule has 4 nitrogen and oxygen atoms in total. The fraction of sp³-hybridized carbons (Fsp3) is 0.250. The first-order chi connectivity index (χ1) is 8.13. The van der Waals surface area contributed by atoms with Gasteiger partial charge in [-0.2, -0.15) is 4.98 Å². The minimum absolute atomic E-state index is 0.206. The molecule has 1 aromatic carbocycles. The van der Waals surface area contributed by atoms with E-state index >= 15 is 0 Å². The van der Waals surface area contributed by atoms with Crippen molar-refractivity contribution in [3.05, 3.63) is 40.4 Å². The summed E-state index contributed by atoms with van der Waals surface area (Å²) < 4.78 is 2.24. The molecule has 1 heterocycles. The molecule has 2 rings (SSSR count). The van der Waals surface area contributed by atoms with Crippen LogP contribution in [0.5, 0.6) is 0 Å². The van der Waals surface area contributed by atoms with Gasteiger partial charge in [0.2, 0.25) is 10.7 Å². The van der Waals surface area contributed by atoms with Crippen LogP contribution in [-0.4, -0.2) is 14.5 Å². The molecule has 0 spiro atoms. The van der Waals surface area contributed by atoms with Gasteiger partial charge in [-0.05, 0) is 36.7 Å². The number of nitrogens with two attached hydrogens (primary N) is 1. The van der Waals surface area contributed by atoms with Crippen molar-refractivity contribution in [2.45, 2.75) is 20.3 Å². The van der Waals surface area contributed by atoms with Gasteiger partial charge in [0, 0.05) is 0 Å². The highest BCUT2D eigenvalue weighted by Gasteiger charge is 2.07. The van der Waals surface area contributed by atoms with E-state index in [2.05, 4.69) is 23.0 Å². The molecule has 17 heavy (non-hydrogen) atoms. The second-order valence-corrected chi connectivity index (χ2v) is 4.17. The van der Waals surface area contributed by atoms with Crippen molar-refractivity contribution in [1.29, 1.82) is 0 Å². The van der Waals surface area contributed by atoms with Gasteiger partial charge >= 0.3 is 0 Å². The van der Waals surface area contributed by atoms with Crippen molar-refractivity contribution in [1.82, 2.24) is 14.5 Å². The van der Waals surface area contributed by atoms with Crippen molar-refractivity contribution in [3.63, 3.8) is 0 Å². The molecule has 88 valence electrons. The van der Waals surface area contributed by atoms with Gasteiger partial charge in [-0.3, -0.25) is 4.57 Å². The first-order valence-electron chi connectivity index (χ1n) is 5.43. The van der Waals surface area contributed by atoms with Gasteiger partial charge in [0.15, 0.2) is 0 Å². The third-order valence-corrected chi connectivity index (χ3v) is 2.95. The van der Waals surface area contributed by atoms with Gasteiger partial charge in [0.1, 0.15) is 6.33 Å². The minimum atomic E-state index is 0.206. The highest BCUT2D eigenvalue weighted by molar-refractivity contribution is 7.71. The molecule has 0 atom stereocenters. The smallest absolute Gasteiger partial charge is 0.224 e. The van der Waals surface area contributed by atoms with Crippen LogP contribution < -0.4 is 5.73 Å². The number of hydrogen-bond donors (Lipinski definition) is 1. The molecule has 0 fully saturated rings. The number of para-hydroxylation sites is 1. The van der Waals surface area contributed by atoms with Crippen LogP contribution in [0.4, 0.5) is 5.95 Å². The Morgan fingerprint density at radius 1 is 1.41 bits per heavy atom. The number of rotatable bonds is 2. The maximum atomic E-state index is 5.51. The molecule has 2 N–H and O–H groups in total. The number of aromatic nitrogens is 3. The Bertz CT molecular complexity index is 604. The zero-order chi connectivity index (χ0) is 12.4. The number of nitrogen functional groups attached to an aromatic ring is 1. The second-order valence-electron chi connectivity index (χ2n) is 3.80. The molecular weight excluding hydrogens is 232 g/mol. The summed E-state index contributed by atoms with van der Waals surface area (Å²) in [7, 11) is 0. The maximum absolute atomic E-state index is 5.51. The molecule has 0 unspecified atom stereocenters. The largest absolute Gasteiger partial charge is 0.368 e. The van der Waals surface area contributed by atoms with Crippen LogP contribution in [0.3, 0.4) is 0 Å². The first kappa shape index (κ1) is 11.7. The SMILES string of the molecule is CCc1cccc(C)c1-n1cnc(N)nc1=S. The Morgan fingerprint density at radius 3 is 2.82 bits per heavy atom. The lowest BCUT2D eigenvalue weighted by molar-refractivity contribution is 0.879. The fourth-order valence-corrected chi connectivity index (χ4v) is 2.08. The highest BCUT2D eigenvalue weighted by atomic mass is 32.1. The van der Waals surface area contributed by atoms with Gasteiger partial charge in [-0.25, -0.2) is 4.98 Å². The van der Waals surface area contributed by atoms with E-state index in [9.17, 15) is 0 Å². The minimum Gasteiger partial charge on any atom is -0.368 e. The second kappa shape index (κ2) is 4.63. The van der Waals surface area contributed by atoms with Gasteiger partial charge in [-0.1, -0.05) is 25.1 Å². The molecule has 1 aromatic heterocycles. The third-order valence-electron chi connectivity index (χ3n) is 2.66. The van der Waals surface area contributed by atoms with E-state index in [1.54, 1.807) is 10.9 Å². The molecule has 0 aliphatic carbocycles. The molecular formula is C12H14N4S. The molecule has 0 amide bonds. The molecule has 2 aromatic rings. The zero-order valence-electron chi connectivity index (χ0n) is 9.84. The summed E-state index contributed by atoms with van der Waals surface area (Å²) in [5, 5.41) is 0. The van der Waals surface area contributed by atoms with E-state index in [1.807, 2.05) is 19.1 Å².